The highest BCUT2D eigenvalue weighted by Gasteiger charge is 2.10. The van der Waals surface area contributed by atoms with Crippen LogP contribution < -0.4 is 0 Å². The lowest BCUT2D eigenvalue weighted by Crippen LogP contribution is -1.89. The molecule has 1 aromatic heterocycles. The zero-order chi connectivity index (χ0) is 9.42. The van der Waals surface area contributed by atoms with Gasteiger partial charge in [0.1, 0.15) is 11.4 Å². The van der Waals surface area contributed by atoms with Crippen LogP contribution in [0.3, 0.4) is 0 Å². The molecule has 2 rings (SSSR count). The Kier molecular flexibility index (Phi) is 2.25. The van der Waals surface area contributed by atoms with Gasteiger partial charge in [-0.3, -0.25) is 0 Å². The van der Waals surface area contributed by atoms with E-state index in [4.69, 9.17) is 9.52 Å². The van der Waals surface area contributed by atoms with Crippen LogP contribution in [0.25, 0.3) is 11.0 Å². The van der Waals surface area contributed by atoms with Crippen molar-refractivity contribution in [1.82, 2.24) is 0 Å². The highest BCUT2D eigenvalue weighted by molar-refractivity contribution is 14.1. The standard InChI is InChI=1S/C9H6FIO2/c10-7-1-2-8-5(6(7)4-12)3-9(11)13-8/h1-3,12H,4H2. The van der Waals surface area contributed by atoms with Gasteiger partial charge in [0.25, 0.3) is 0 Å². The second-order valence-electron chi connectivity index (χ2n) is 2.65. The fourth-order valence-electron chi connectivity index (χ4n) is 1.27. The minimum Gasteiger partial charge on any atom is -0.450 e. The van der Waals surface area contributed by atoms with Crippen LogP contribution in [-0.2, 0) is 6.61 Å². The summed E-state index contributed by atoms with van der Waals surface area (Å²) >= 11 is 2.01. The monoisotopic (exact) mass is 292 g/mol. The molecule has 68 valence electrons. The van der Waals surface area contributed by atoms with Crippen LogP contribution in [-0.4, -0.2) is 5.11 Å². The number of hydrogen-bond acceptors (Lipinski definition) is 2. The number of furan rings is 1. The van der Waals surface area contributed by atoms with Gasteiger partial charge in [-0.15, -0.1) is 0 Å². The third kappa shape index (κ3) is 1.44. The molecule has 0 bridgehead atoms. The third-order valence-corrected chi connectivity index (χ3v) is 2.41. The first-order valence-corrected chi connectivity index (χ1v) is 4.77. The quantitative estimate of drug-likeness (QED) is 0.820. The molecule has 0 atom stereocenters. The van der Waals surface area contributed by atoms with Crippen molar-refractivity contribution < 1.29 is 13.9 Å². The number of halogens is 2. The Hall–Kier alpha value is -0.620. The molecule has 0 fully saturated rings. The summed E-state index contributed by atoms with van der Waals surface area (Å²) in [5.74, 6) is -0.396. The maximum atomic E-state index is 13.1. The molecule has 13 heavy (non-hydrogen) atoms. The lowest BCUT2D eigenvalue weighted by molar-refractivity contribution is 0.277. The summed E-state index contributed by atoms with van der Waals surface area (Å²) in [6, 6.07) is 4.57. The summed E-state index contributed by atoms with van der Waals surface area (Å²) in [6.07, 6.45) is 0. The molecular weight excluding hydrogens is 286 g/mol. The van der Waals surface area contributed by atoms with Crippen LogP contribution in [0.2, 0.25) is 0 Å². The Morgan fingerprint density at radius 1 is 1.46 bits per heavy atom. The van der Waals surface area contributed by atoms with E-state index in [9.17, 15) is 4.39 Å². The van der Waals surface area contributed by atoms with E-state index < -0.39 is 5.82 Å². The van der Waals surface area contributed by atoms with Crippen molar-refractivity contribution in [3.8, 4) is 0 Å². The van der Waals surface area contributed by atoms with Gasteiger partial charge in [0.15, 0.2) is 3.77 Å². The van der Waals surface area contributed by atoms with Gasteiger partial charge >= 0.3 is 0 Å². The summed E-state index contributed by atoms with van der Waals surface area (Å²) in [6.45, 7) is -0.307. The Balaban J connectivity index is 2.82. The number of aliphatic hydroxyl groups excluding tert-OH is 1. The molecule has 1 heterocycles. The third-order valence-electron chi connectivity index (χ3n) is 1.88. The molecular formula is C9H6FIO2. The molecule has 0 saturated carbocycles. The zero-order valence-corrected chi connectivity index (χ0v) is 8.71. The van der Waals surface area contributed by atoms with Crippen LogP contribution >= 0.6 is 22.6 Å². The minimum absolute atomic E-state index is 0.296. The van der Waals surface area contributed by atoms with Crippen molar-refractivity contribution in [2.24, 2.45) is 0 Å². The summed E-state index contributed by atoms with van der Waals surface area (Å²) < 4.78 is 19.1. The molecule has 0 amide bonds. The molecule has 0 aliphatic heterocycles. The van der Waals surface area contributed by atoms with Gasteiger partial charge in [-0.05, 0) is 40.8 Å². The van der Waals surface area contributed by atoms with Crippen LogP contribution in [0.4, 0.5) is 4.39 Å². The number of benzene rings is 1. The fourth-order valence-corrected chi connectivity index (χ4v) is 1.82. The van der Waals surface area contributed by atoms with Crippen molar-refractivity contribution in [3.63, 3.8) is 0 Å². The number of aliphatic hydroxyl groups is 1. The highest BCUT2D eigenvalue weighted by Crippen LogP contribution is 2.25. The predicted octanol–water partition coefficient (Wildman–Crippen LogP) is 2.67. The first-order valence-electron chi connectivity index (χ1n) is 3.69. The van der Waals surface area contributed by atoms with Crippen molar-refractivity contribution in [1.29, 1.82) is 0 Å². The van der Waals surface area contributed by atoms with Crippen molar-refractivity contribution in [2.75, 3.05) is 0 Å². The summed E-state index contributed by atoms with van der Waals surface area (Å²) in [4.78, 5) is 0. The molecule has 4 heteroatoms. The molecule has 0 radical (unpaired) electrons. The summed E-state index contributed by atoms with van der Waals surface area (Å²) in [5.41, 5.74) is 0.902. The molecule has 1 N–H and O–H groups in total. The average molecular weight is 292 g/mol. The van der Waals surface area contributed by atoms with Gasteiger partial charge in [-0.25, -0.2) is 4.39 Å². The predicted molar refractivity (Wildman–Crippen MR) is 54.8 cm³/mol. The first-order chi connectivity index (χ1) is 6.22. The van der Waals surface area contributed by atoms with E-state index in [0.29, 0.717) is 20.3 Å². The van der Waals surface area contributed by atoms with Crippen LogP contribution in [0.15, 0.2) is 22.6 Å². The summed E-state index contributed by atoms with van der Waals surface area (Å²) in [5, 5.41) is 9.59. The second kappa shape index (κ2) is 3.26. The molecule has 0 saturated heterocycles. The van der Waals surface area contributed by atoms with Gasteiger partial charge < -0.3 is 9.52 Å². The SMILES string of the molecule is OCc1c(F)ccc2oc(I)cc12. The van der Waals surface area contributed by atoms with E-state index in [-0.39, 0.29) is 6.61 Å². The van der Waals surface area contributed by atoms with E-state index in [1.807, 2.05) is 22.6 Å². The Bertz CT molecular complexity index is 450. The average Bonchev–Trinajstić information content (AvgIpc) is 2.45. The van der Waals surface area contributed by atoms with E-state index in [2.05, 4.69) is 0 Å². The van der Waals surface area contributed by atoms with Crippen molar-refractivity contribution in [3.05, 3.63) is 33.3 Å². The van der Waals surface area contributed by atoms with E-state index in [1.54, 1.807) is 12.1 Å². The molecule has 0 aliphatic carbocycles. The minimum atomic E-state index is -0.396. The molecule has 2 nitrogen and oxygen atoms in total. The maximum absolute atomic E-state index is 13.1. The van der Waals surface area contributed by atoms with Crippen molar-refractivity contribution >= 4 is 33.6 Å². The topological polar surface area (TPSA) is 33.4 Å². The fraction of sp³-hybridized carbons (Fsp3) is 0.111. The lowest BCUT2D eigenvalue weighted by atomic mass is 10.1. The Labute approximate surface area is 87.5 Å². The molecule has 0 unspecified atom stereocenters. The number of rotatable bonds is 1. The first kappa shape index (κ1) is 8.96. The zero-order valence-electron chi connectivity index (χ0n) is 6.55. The van der Waals surface area contributed by atoms with Gasteiger partial charge in [-0.1, -0.05) is 0 Å². The van der Waals surface area contributed by atoms with E-state index >= 15 is 0 Å². The van der Waals surface area contributed by atoms with E-state index in [0.717, 1.165) is 0 Å². The number of fused-ring (bicyclic) bond motifs is 1. The largest absolute Gasteiger partial charge is 0.450 e. The van der Waals surface area contributed by atoms with Crippen LogP contribution in [0, 0.1) is 9.58 Å². The van der Waals surface area contributed by atoms with Gasteiger partial charge in [0.2, 0.25) is 0 Å². The van der Waals surface area contributed by atoms with Gasteiger partial charge in [0.05, 0.1) is 6.61 Å². The van der Waals surface area contributed by atoms with Gasteiger partial charge in [-0.2, -0.15) is 0 Å². The smallest absolute Gasteiger partial charge is 0.165 e. The molecule has 0 spiro atoms. The Morgan fingerprint density at radius 2 is 2.23 bits per heavy atom. The number of hydrogen-bond donors (Lipinski definition) is 1. The molecule has 2 aromatic rings. The van der Waals surface area contributed by atoms with E-state index in [1.165, 1.54) is 6.07 Å². The normalized spacial score (nSPS) is 11.0. The maximum Gasteiger partial charge on any atom is 0.165 e. The second-order valence-corrected chi connectivity index (χ2v) is 3.71. The van der Waals surface area contributed by atoms with Crippen LogP contribution in [0.5, 0.6) is 0 Å². The van der Waals surface area contributed by atoms with Crippen LogP contribution in [0.1, 0.15) is 5.56 Å². The summed E-state index contributed by atoms with van der Waals surface area (Å²) in [7, 11) is 0. The Morgan fingerprint density at radius 3 is 2.92 bits per heavy atom. The molecule has 1 aromatic carbocycles. The van der Waals surface area contributed by atoms with Crippen molar-refractivity contribution in [2.45, 2.75) is 6.61 Å². The van der Waals surface area contributed by atoms with Gasteiger partial charge in [0, 0.05) is 10.9 Å². The molecule has 0 aliphatic rings. The lowest BCUT2D eigenvalue weighted by Gasteiger charge is -1.98. The highest BCUT2D eigenvalue weighted by atomic mass is 127.